The molecule has 0 aromatic carbocycles. The standard InChI is InChI=1S/C3H4O4.Na/c4-2(5)1-3(6)7;/h1H2,(H,4,5)(H,6,7);/q;+1/p-1. The molecule has 0 aromatic heterocycles. The molecule has 0 aromatic rings. The first kappa shape index (κ1) is 10.8. The van der Waals surface area contributed by atoms with Crippen LogP contribution in [0.2, 0.25) is 0 Å². The van der Waals surface area contributed by atoms with Crippen LogP contribution in [-0.4, -0.2) is 11.9 Å². The summed E-state index contributed by atoms with van der Waals surface area (Å²) in [6.07, 6.45) is -1.03. The molecule has 0 radical (unpaired) electrons. The van der Waals surface area contributed by atoms with E-state index in [2.05, 4.69) is 0 Å². The number of carboxylic acids is 2. The van der Waals surface area contributed by atoms with Crippen LogP contribution in [-0.2, 0) is 9.59 Å². The molecule has 0 aliphatic rings. The van der Waals surface area contributed by atoms with Crippen LogP contribution in [0.4, 0.5) is 0 Å². The summed E-state index contributed by atoms with van der Waals surface area (Å²) in [5.74, 6) is -3.25. The molecule has 0 fully saturated rings. The zero-order valence-corrected chi connectivity index (χ0v) is 6.34. The van der Waals surface area contributed by atoms with Crippen LogP contribution in [0.1, 0.15) is 7.85 Å². The Morgan fingerprint density at radius 3 is 1.50 bits per heavy atom. The van der Waals surface area contributed by atoms with Gasteiger partial charge >= 0.3 is 31.0 Å². The summed E-state index contributed by atoms with van der Waals surface area (Å²) in [6, 6.07) is 0. The van der Waals surface area contributed by atoms with Crippen molar-refractivity contribution in [3.63, 3.8) is 0 Å². The SMILES string of the molecule is O=C([O-])CC(=O)[O-].[H+].[Na+]. The summed E-state index contributed by atoms with van der Waals surface area (Å²) >= 11 is 0. The fourth-order valence-electron chi connectivity index (χ4n) is 0.118. The number of carboxylic acid groups (broad SMARTS) is 2. The van der Waals surface area contributed by atoms with Gasteiger partial charge in [0.1, 0.15) is 0 Å². The average Bonchev–Trinajstić information content (AvgIpc) is 1.27. The van der Waals surface area contributed by atoms with E-state index < -0.39 is 18.4 Å². The normalized spacial score (nSPS) is 7.00. The summed E-state index contributed by atoms with van der Waals surface area (Å²) in [7, 11) is 0. The van der Waals surface area contributed by atoms with E-state index >= 15 is 0 Å². The van der Waals surface area contributed by atoms with Gasteiger partial charge in [0.05, 0.1) is 0 Å². The molecule has 0 N–H and O–H groups in total. The van der Waals surface area contributed by atoms with E-state index in [9.17, 15) is 19.8 Å². The quantitative estimate of drug-likeness (QED) is 0.272. The minimum atomic E-state index is -1.63. The van der Waals surface area contributed by atoms with Gasteiger partial charge in [-0.1, -0.05) is 0 Å². The maximum atomic E-state index is 9.28. The predicted octanol–water partition coefficient (Wildman–Crippen LogP) is -6.01. The van der Waals surface area contributed by atoms with Gasteiger partial charge in [-0.25, -0.2) is 0 Å². The van der Waals surface area contributed by atoms with Gasteiger partial charge < -0.3 is 19.8 Å². The zero-order chi connectivity index (χ0) is 5.86. The topological polar surface area (TPSA) is 80.3 Å². The molecule has 0 aliphatic carbocycles. The van der Waals surface area contributed by atoms with Crippen molar-refractivity contribution in [3.8, 4) is 0 Å². The van der Waals surface area contributed by atoms with E-state index in [1.807, 2.05) is 0 Å². The van der Waals surface area contributed by atoms with E-state index in [1.54, 1.807) is 0 Å². The maximum Gasteiger partial charge on any atom is 1.00 e. The Kier molecular flexibility index (Phi) is 6.89. The van der Waals surface area contributed by atoms with Crippen LogP contribution in [0.15, 0.2) is 0 Å². The van der Waals surface area contributed by atoms with E-state index in [4.69, 9.17) is 0 Å². The molecule has 0 saturated carbocycles. The molecule has 0 bridgehead atoms. The van der Waals surface area contributed by atoms with Crippen molar-refractivity contribution in [2.45, 2.75) is 6.42 Å². The van der Waals surface area contributed by atoms with Gasteiger partial charge in [-0.3, -0.25) is 0 Å². The smallest absolute Gasteiger partial charge is 0.550 e. The number of aliphatic carboxylic acids is 2. The number of rotatable bonds is 2. The van der Waals surface area contributed by atoms with Gasteiger partial charge in [-0.2, -0.15) is 0 Å². The van der Waals surface area contributed by atoms with E-state index in [0.717, 1.165) is 0 Å². The molecule has 0 amide bonds. The zero-order valence-electron chi connectivity index (χ0n) is 5.34. The van der Waals surface area contributed by atoms with Gasteiger partial charge in [-0.05, 0) is 0 Å². The summed E-state index contributed by atoms with van der Waals surface area (Å²) in [5.41, 5.74) is 0. The molecule has 0 aliphatic heterocycles. The van der Waals surface area contributed by atoms with Crippen LogP contribution in [0, 0.1) is 0 Å². The number of hydrogen-bond acceptors (Lipinski definition) is 4. The summed E-state index contributed by atoms with van der Waals surface area (Å²) < 4.78 is 0. The third kappa shape index (κ3) is 9.34. The molecular formula is C3H3NaO4. The Balaban J connectivity index is -0.000000180. The van der Waals surface area contributed by atoms with Gasteiger partial charge in [-0.15, -0.1) is 0 Å². The van der Waals surface area contributed by atoms with E-state index in [1.165, 1.54) is 0 Å². The molecule has 5 heteroatoms. The Bertz CT molecular complexity index is 92.0. The molecule has 0 atom stereocenters. The monoisotopic (exact) mass is 126 g/mol. The third-order valence-electron chi connectivity index (χ3n) is 0.289. The van der Waals surface area contributed by atoms with Crippen molar-refractivity contribution in [1.82, 2.24) is 0 Å². The largest absolute Gasteiger partial charge is 1.00 e. The number of carbonyl (C=O) groups is 2. The minimum Gasteiger partial charge on any atom is -0.550 e. The minimum absolute atomic E-state index is 0. The predicted molar refractivity (Wildman–Crippen MR) is 15.7 cm³/mol. The fraction of sp³-hybridized carbons (Fsp3) is 0.333. The Hall–Kier alpha value is -0.0600. The van der Waals surface area contributed by atoms with Crippen LogP contribution >= 0.6 is 0 Å². The maximum absolute atomic E-state index is 9.28. The average molecular weight is 126 g/mol. The van der Waals surface area contributed by atoms with Crippen LogP contribution in [0.3, 0.4) is 0 Å². The Morgan fingerprint density at radius 1 is 1.25 bits per heavy atom. The summed E-state index contributed by atoms with van der Waals surface area (Å²) in [5, 5.41) is 18.6. The number of hydrogen-bond donors (Lipinski definition) is 0. The van der Waals surface area contributed by atoms with Crippen molar-refractivity contribution in [1.29, 1.82) is 0 Å². The second-order valence-electron chi connectivity index (χ2n) is 0.921. The summed E-state index contributed by atoms with van der Waals surface area (Å²) in [4.78, 5) is 18.6. The van der Waals surface area contributed by atoms with Crippen molar-refractivity contribution in [3.05, 3.63) is 0 Å². The molecule has 0 saturated heterocycles. The van der Waals surface area contributed by atoms with E-state index in [-0.39, 0.29) is 31.0 Å². The van der Waals surface area contributed by atoms with Crippen molar-refractivity contribution in [2.75, 3.05) is 0 Å². The first-order valence-electron chi connectivity index (χ1n) is 1.52. The Morgan fingerprint density at radius 2 is 1.50 bits per heavy atom. The second-order valence-corrected chi connectivity index (χ2v) is 0.921. The van der Waals surface area contributed by atoms with Gasteiger partial charge in [0, 0.05) is 18.4 Å². The number of carbonyl (C=O) groups excluding carboxylic acids is 2. The first-order chi connectivity index (χ1) is 3.13. The molecule has 0 spiro atoms. The molecule has 40 valence electrons. The molecule has 8 heavy (non-hydrogen) atoms. The Labute approximate surface area is 69.3 Å². The molecule has 4 nitrogen and oxygen atoms in total. The first-order valence-corrected chi connectivity index (χ1v) is 1.52. The molecule has 0 rings (SSSR count). The molecule has 0 unspecified atom stereocenters. The third-order valence-corrected chi connectivity index (χ3v) is 0.289. The van der Waals surface area contributed by atoms with E-state index in [0.29, 0.717) is 0 Å². The van der Waals surface area contributed by atoms with Crippen LogP contribution < -0.4 is 39.8 Å². The van der Waals surface area contributed by atoms with Crippen molar-refractivity contribution >= 4 is 11.9 Å². The molecular weight excluding hydrogens is 123 g/mol. The van der Waals surface area contributed by atoms with Crippen LogP contribution in [0.25, 0.3) is 0 Å². The summed E-state index contributed by atoms with van der Waals surface area (Å²) in [6.45, 7) is 0. The fourth-order valence-corrected chi connectivity index (χ4v) is 0.118. The van der Waals surface area contributed by atoms with Crippen molar-refractivity contribution in [2.24, 2.45) is 0 Å². The van der Waals surface area contributed by atoms with Crippen molar-refractivity contribution < 1.29 is 50.8 Å². The van der Waals surface area contributed by atoms with Gasteiger partial charge in [0.2, 0.25) is 0 Å². The second kappa shape index (κ2) is 5.08. The van der Waals surface area contributed by atoms with Gasteiger partial charge in [0.15, 0.2) is 0 Å². The molecule has 0 heterocycles. The van der Waals surface area contributed by atoms with Crippen LogP contribution in [0.5, 0.6) is 0 Å². The van der Waals surface area contributed by atoms with Gasteiger partial charge in [0.25, 0.3) is 0 Å².